The van der Waals surface area contributed by atoms with Crippen molar-refractivity contribution in [2.45, 2.75) is 0 Å². The highest BCUT2D eigenvalue weighted by molar-refractivity contribution is 8.14. The number of aliphatic imine (C=N–C) groups is 1. The number of carboxylic acids is 1. The van der Waals surface area contributed by atoms with Gasteiger partial charge in [-0.05, 0) is 54.1 Å². The third-order valence-corrected chi connectivity index (χ3v) is 7.51. The van der Waals surface area contributed by atoms with E-state index in [4.69, 9.17) is 0 Å². The van der Waals surface area contributed by atoms with Gasteiger partial charge in [0, 0.05) is 29.0 Å². The van der Waals surface area contributed by atoms with Gasteiger partial charge < -0.3 is 10.4 Å². The van der Waals surface area contributed by atoms with Gasteiger partial charge >= 0.3 is 5.97 Å². The van der Waals surface area contributed by atoms with Crippen LogP contribution in [0.4, 0.5) is 11.4 Å². The number of pyridine rings is 2. The molecule has 0 fully saturated rings. The van der Waals surface area contributed by atoms with E-state index in [2.05, 4.69) is 20.3 Å². The van der Waals surface area contributed by atoms with Crippen molar-refractivity contribution in [1.29, 1.82) is 0 Å². The third kappa shape index (κ3) is 6.04. The second-order valence-electron chi connectivity index (χ2n) is 9.48. The number of hydrogen-bond donors (Lipinski definition) is 2. The third-order valence-electron chi connectivity index (χ3n) is 6.58. The second-order valence-corrected chi connectivity index (χ2v) is 10.4. The summed E-state index contributed by atoms with van der Waals surface area (Å²) in [7, 11) is 0. The molecule has 1 aliphatic rings. The van der Waals surface area contributed by atoms with Gasteiger partial charge in [0.05, 0.1) is 28.2 Å². The van der Waals surface area contributed by atoms with Gasteiger partial charge in [0.25, 0.3) is 5.91 Å². The van der Waals surface area contributed by atoms with E-state index in [9.17, 15) is 19.5 Å². The largest absolute Gasteiger partial charge is 0.478 e. The molecule has 5 aromatic rings. The average Bonchev–Trinajstić information content (AvgIpc) is 3.34. The number of rotatable bonds is 7. The van der Waals surface area contributed by atoms with Gasteiger partial charge in [0.15, 0.2) is 5.17 Å². The van der Waals surface area contributed by atoms with Crippen molar-refractivity contribution in [1.82, 2.24) is 9.97 Å². The fourth-order valence-electron chi connectivity index (χ4n) is 4.57. The van der Waals surface area contributed by atoms with Crippen LogP contribution in [-0.4, -0.2) is 43.8 Å². The Hall–Kier alpha value is -5.61. The first kappa shape index (κ1) is 27.6. The molecule has 210 valence electrons. The molecule has 0 saturated heterocycles. The molecular formula is C33H23N5O4S. The number of carboxylic acid groups (broad SMARTS) is 1. The van der Waals surface area contributed by atoms with Gasteiger partial charge in [-0.3, -0.25) is 19.5 Å². The van der Waals surface area contributed by atoms with E-state index in [1.54, 1.807) is 73.1 Å². The number of aromatic carboxylic acids is 1. The predicted octanol–water partition coefficient (Wildman–Crippen LogP) is 6.11. The fraction of sp³-hybridized carbons (Fsp3) is 0.0303. The van der Waals surface area contributed by atoms with Crippen LogP contribution in [0.25, 0.3) is 28.2 Å². The van der Waals surface area contributed by atoms with Crippen molar-refractivity contribution in [2.75, 3.05) is 16.0 Å². The smallest absolute Gasteiger partial charge is 0.336 e. The quantitative estimate of drug-likeness (QED) is 0.221. The number of carbonyl (C=O) groups excluding carboxylic acids is 2. The molecule has 3 heterocycles. The lowest BCUT2D eigenvalue weighted by atomic mass is 10.0. The highest BCUT2D eigenvalue weighted by Gasteiger charge is 2.32. The van der Waals surface area contributed by atoms with Gasteiger partial charge in [0.1, 0.15) is 5.70 Å². The maximum atomic E-state index is 13.3. The Morgan fingerprint density at radius 2 is 1.70 bits per heavy atom. The molecule has 0 unspecified atom stereocenters. The fourth-order valence-corrected chi connectivity index (χ4v) is 5.38. The number of amides is 2. The molecule has 1 aliphatic heterocycles. The molecule has 2 N–H and O–H groups in total. The van der Waals surface area contributed by atoms with E-state index in [1.807, 2.05) is 42.5 Å². The van der Waals surface area contributed by atoms with Crippen molar-refractivity contribution in [3.8, 4) is 11.3 Å². The van der Waals surface area contributed by atoms with Gasteiger partial charge in [-0.25, -0.2) is 14.8 Å². The van der Waals surface area contributed by atoms with Gasteiger partial charge in [0.2, 0.25) is 5.91 Å². The minimum atomic E-state index is -1.03. The summed E-state index contributed by atoms with van der Waals surface area (Å²) in [5, 5.41) is 13.5. The Kier molecular flexibility index (Phi) is 7.75. The predicted molar refractivity (Wildman–Crippen MR) is 169 cm³/mol. The topological polar surface area (TPSA) is 125 Å². The highest BCUT2D eigenvalue weighted by Crippen LogP contribution is 2.30. The van der Waals surface area contributed by atoms with E-state index in [-0.39, 0.29) is 28.8 Å². The molecule has 0 bridgehead atoms. The Bertz CT molecular complexity index is 1910. The lowest BCUT2D eigenvalue weighted by Gasteiger charge is -2.17. The molecule has 0 saturated carbocycles. The lowest BCUT2D eigenvalue weighted by Crippen LogP contribution is -2.31. The van der Waals surface area contributed by atoms with E-state index < -0.39 is 5.97 Å². The Morgan fingerprint density at radius 1 is 0.930 bits per heavy atom. The van der Waals surface area contributed by atoms with E-state index in [0.29, 0.717) is 38.7 Å². The normalized spacial score (nSPS) is 13.8. The summed E-state index contributed by atoms with van der Waals surface area (Å²) in [4.78, 5) is 52.8. The molecule has 6 rings (SSSR count). The minimum absolute atomic E-state index is 0.0194. The first-order valence-electron chi connectivity index (χ1n) is 13.2. The number of benzene rings is 3. The van der Waals surface area contributed by atoms with Crippen molar-refractivity contribution in [2.24, 2.45) is 4.99 Å². The van der Waals surface area contributed by atoms with Crippen LogP contribution in [0, 0.1) is 0 Å². The highest BCUT2D eigenvalue weighted by atomic mass is 32.2. The summed E-state index contributed by atoms with van der Waals surface area (Å²) in [5.74, 6) is -1.57. The molecule has 2 amide bonds. The van der Waals surface area contributed by atoms with Crippen molar-refractivity contribution < 1.29 is 19.5 Å². The summed E-state index contributed by atoms with van der Waals surface area (Å²) in [6, 6.07) is 28.4. The molecule has 43 heavy (non-hydrogen) atoms. The van der Waals surface area contributed by atoms with Crippen molar-refractivity contribution in [3.05, 3.63) is 126 Å². The summed E-state index contributed by atoms with van der Waals surface area (Å²) < 4.78 is 0. The zero-order valence-corrected chi connectivity index (χ0v) is 23.4. The van der Waals surface area contributed by atoms with Crippen molar-refractivity contribution >= 4 is 63.1 Å². The van der Waals surface area contributed by atoms with Crippen LogP contribution in [0.3, 0.4) is 0 Å². The molecule has 0 radical (unpaired) electrons. The number of aromatic nitrogens is 2. The molecule has 2 aromatic heterocycles. The molecule has 0 aliphatic carbocycles. The van der Waals surface area contributed by atoms with Crippen LogP contribution in [-0.2, 0) is 9.59 Å². The Morgan fingerprint density at radius 3 is 2.44 bits per heavy atom. The van der Waals surface area contributed by atoms with Gasteiger partial charge in [-0.1, -0.05) is 66.4 Å². The second kappa shape index (κ2) is 12.1. The number of nitrogens with one attached hydrogen (secondary N) is 1. The molecule has 9 nitrogen and oxygen atoms in total. The van der Waals surface area contributed by atoms with Crippen molar-refractivity contribution in [3.63, 3.8) is 0 Å². The van der Waals surface area contributed by atoms with Gasteiger partial charge in [-0.2, -0.15) is 0 Å². The molecule has 10 heteroatoms. The first-order valence-corrected chi connectivity index (χ1v) is 14.2. The summed E-state index contributed by atoms with van der Waals surface area (Å²) >= 11 is 1.16. The lowest BCUT2D eigenvalue weighted by molar-refractivity contribution is -0.114. The van der Waals surface area contributed by atoms with Crippen LogP contribution in [0.1, 0.15) is 15.9 Å². The monoisotopic (exact) mass is 585 g/mol. The number of anilines is 2. The van der Waals surface area contributed by atoms with Crippen LogP contribution in [0.15, 0.2) is 120 Å². The zero-order chi connectivity index (χ0) is 29.8. The number of nitrogens with zero attached hydrogens (tertiary/aromatic N) is 4. The number of fused-ring (bicyclic) bond motifs is 1. The average molecular weight is 586 g/mol. The first-order chi connectivity index (χ1) is 21.0. The molecule has 0 spiro atoms. The Balaban J connectivity index is 1.17. The standard InChI is InChI=1S/C33H23N5O4S/c39-30(35-23-14-12-22(13-15-23)28-18-26(32(41)42)25-10-4-5-11-27(25)36-28)20-43-33-37-29(17-21-7-6-16-34-19-21)31(40)38(33)24-8-2-1-3-9-24/h1-19H,20H2,(H,35,39)(H,41,42)/b29-17-. The van der Waals surface area contributed by atoms with Gasteiger partial charge in [-0.15, -0.1) is 0 Å². The van der Waals surface area contributed by atoms with Crippen LogP contribution in [0.2, 0.25) is 0 Å². The number of para-hydroxylation sites is 2. The molecule has 3 aromatic carbocycles. The zero-order valence-electron chi connectivity index (χ0n) is 22.5. The minimum Gasteiger partial charge on any atom is -0.478 e. The number of amidine groups is 1. The summed E-state index contributed by atoms with van der Waals surface area (Å²) in [6.45, 7) is 0. The Labute approximate surface area is 250 Å². The number of carbonyl (C=O) groups is 3. The van der Waals surface area contributed by atoms with E-state index >= 15 is 0 Å². The van der Waals surface area contributed by atoms with Crippen LogP contribution >= 0.6 is 11.8 Å². The number of hydrogen-bond acceptors (Lipinski definition) is 7. The summed E-state index contributed by atoms with van der Waals surface area (Å²) in [5.41, 5.74) is 4.20. The van der Waals surface area contributed by atoms with E-state index in [0.717, 1.165) is 17.3 Å². The SMILES string of the molecule is O=C(CSC1=N/C(=C\c2cccnc2)C(=O)N1c1ccccc1)Nc1ccc(-c2cc(C(=O)O)c3ccccc3n2)cc1. The van der Waals surface area contributed by atoms with Crippen LogP contribution < -0.4 is 10.2 Å². The molecular weight excluding hydrogens is 562 g/mol. The maximum Gasteiger partial charge on any atom is 0.336 e. The molecule has 0 atom stereocenters. The summed E-state index contributed by atoms with van der Waals surface area (Å²) in [6.07, 6.45) is 4.97. The van der Waals surface area contributed by atoms with Crippen LogP contribution in [0.5, 0.6) is 0 Å². The maximum absolute atomic E-state index is 13.3. The number of thioether (sulfide) groups is 1. The van der Waals surface area contributed by atoms with E-state index in [1.165, 1.54) is 4.90 Å².